The summed E-state index contributed by atoms with van der Waals surface area (Å²) < 4.78 is 48.8. The Balaban J connectivity index is 1.55. The zero-order chi connectivity index (χ0) is 24.4. The minimum Gasteiger partial charge on any atom is -0.457 e. The molecule has 176 valence electrons. The maximum atomic E-state index is 13.7. The van der Waals surface area contributed by atoms with Gasteiger partial charge in [-0.3, -0.25) is 4.68 Å². The number of aromatic nitrogens is 2. The van der Waals surface area contributed by atoms with Crippen molar-refractivity contribution in [2.24, 2.45) is 0 Å². The van der Waals surface area contributed by atoms with Crippen LogP contribution in [0, 0.1) is 0 Å². The van der Waals surface area contributed by atoms with Gasteiger partial charge in [-0.1, -0.05) is 61.5 Å². The van der Waals surface area contributed by atoms with Crippen LogP contribution in [0.25, 0.3) is 22.2 Å². The summed E-state index contributed by atoms with van der Waals surface area (Å²) in [7, 11) is 0. The van der Waals surface area contributed by atoms with Crippen LogP contribution in [0.1, 0.15) is 23.6 Å². The summed E-state index contributed by atoms with van der Waals surface area (Å²) in [5, 5.41) is 4.88. The third-order valence-corrected chi connectivity index (χ3v) is 5.95. The Kier molecular flexibility index (Phi) is 6.03. The van der Waals surface area contributed by atoms with Gasteiger partial charge in [0.25, 0.3) is 0 Å². The molecule has 35 heavy (non-hydrogen) atoms. The summed E-state index contributed by atoms with van der Waals surface area (Å²) in [6.07, 6.45) is -3.54. The summed E-state index contributed by atoms with van der Waals surface area (Å²) in [5.41, 5.74) is 2.78. The first kappa shape index (κ1) is 22.7. The summed E-state index contributed by atoms with van der Waals surface area (Å²) in [5.74, 6) is 1.37. The lowest BCUT2D eigenvalue weighted by Crippen LogP contribution is -2.06. The van der Waals surface area contributed by atoms with Gasteiger partial charge in [0.2, 0.25) is 0 Å². The molecule has 6 heteroatoms. The van der Waals surface area contributed by atoms with Gasteiger partial charge in [-0.15, -0.1) is 0 Å². The smallest absolute Gasteiger partial charge is 0.418 e. The van der Waals surface area contributed by atoms with E-state index < -0.39 is 11.7 Å². The third kappa shape index (κ3) is 4.78. The largest absolute Gasteiger partial charge is 0.457 e. The molecular formula is C29H23F3N2O. The summed E-state index contributed by atoms with van der Waals surface area (Å²) in [6.45, 7) is 2.45. The molecule has 0 aliphatic carbocycles. The maximum Gasteiger partial charge on any atom is 0.418 e. The van der Waals surface area contributed by atoms with Gasteiger partial charge in [0.1, 0.15) is 17.0 Å². The lowest BCUT2D eigenvalue weighted by atomic mass is 10.0. The van der Waals surface area contributed by atoms with E-state index >= 15 is 0 Å². The van der Waals surface area contributed by atoms with Crippen LogP contribution in [0.5, 0.6) is 11.5 Å². The minimum absolute atomic E-state index is 0.0535. The number of halogens is 3. The molecule has 5 rings (SSSR count). The molecule has 0 aliphatic heterocycles. The fraction of sp³-hybridized carbons (Fsp3) is 0.138. The second-order valence-electron chi connectivity index (χ2n) is 8.32. The molecule has 0 N–H and O–H groups in total. The summed E-state index contributed by atoms with van der Waals surface area (Å²) >= 11 is 0. The Morgan fingerprint density at radius 3 is 2.03 bits per heavy atom. The van der Waals surface area contributed by atoms with Crippen LogP contribution in [0.3, 0.4) is 0 Å². The number of nitrogens with zero attached hydrogens (tertiary/aromatic N) is 2. The molecule has 0 saturated carbocycles. The number of rotatable bonds is 6. The van der Waals surface area contributed by atoms with Crippen molar-refractivity contribution >= 4 is 10.9 Å². The van der Waals surface area contributed by atoms with Crippen molar-refractivity contribution in [3.8, 4) is 22.8 Å². The van der Waals surface area contributed by atoms with E-state index in [1.165, 1.54) is 11.6 Å². The van der Waals surface area contributed by atoms with Crippen LogP contribution in [-0.4, -0.2) is 9.78 Å². The number of benzene rings is 4. The Morgan fingerprint density at radius 2 is 1.40 bits per heavy atom. The number of hydrogen-bond acceptors (Lipinski definition) is 2. The molecule has 0 fully saturated rings. The Morgan fingerprint density at radius 1 is 0.743 bits per heavy atom. The molecule has 0 spiro atoms. The first-order valence-electron chi connectivity index (χ1n) is 11.4. The lowest BCUT2D eigenvalue weighted by molar-refractivity contribution is -0.136. The van der Waals surface area contributed by atoms with E-state index in [1.54, 1.807) is 10.7 Å². The fourth-order valence-electron chi connectivity index (χ4n) is 4.17. The van der Waals surface area contributed by atoms with E-state index in [1.807, 2.05) is 78.9 Å². The molecule has 1 heterocycles. The van der Waals surface area contributed by atoms with Crippen molar-refractivity contribution in [3.05, 3.63) is 114 Å². The van der Waals surface area contributed by atoms with E-state index in [0.29, 0.717) is 23.4 Å². The molecule has 0 aliphatic rings. The molecule has 4 aromatic carbocycles. The molecule has 0 unspecified atom stereocenters. The molecular weight excluding hydrogens is 449 g/mol. The zero-order valence-corrected chi connectivity index (χ0v) is 19.1. The minimum atomic E-state index is -4.49. The van der Waals surface area contributed by atoms with Crippen molar-refractivity contribution in [2.75, 3.05) is 0 Å². The van der Waals surface area contributed by atoms with E-state index in [0.717, 1.165) is 29.4 Å². The first-order valence-corrected chi connectivity index (χ1v) is 11.4. The SMILES string of the molecule is CCc1ccc(Oc2ccc(-c3c4cccc(C(F)(F)F)c4nn3Cc3ccccc3)cc2)cc1. The molecule has 3 nitrogen and oxygen atoms in total. The third-order valence-electron chi connectivity index (χ3n) is 5.95. The first-order chi connectivity index (χ1) is 16.9. The molecule has 5 aromatic rings. The predicted molar refractivity (Wildman–Crippen MR) is 132 cm³/mol. The number of ether oxygens (including phenoxy) is 1. The molecule has 0 saturated heterocycles. The normalized spacial score (nSPS) is 11.7. The lowest BCUT2D eigenvalue weighted by Gasteiger charge is -2.10. The van der Waals surface area contributed by atoms with Crippen molar-refractivity contribution in [3.63, 3.8) is 0 Å². The van der Waals surface area contributed by atoms with Gasteiger partial charge < -0.3 is 4.74 Å². The van der Waals surface area contributed by atoms with Crippen LogP contribution in [0.4, 0.5) is 13.2 Å². The number of fused-ring (bicyclic) bond motifs is 1. The Bertz CT molecular complexity index is 1440. The van der Waals surface area contributed by atoms with Crippen LogP contribution in [-0.2, 0) is 19.1 Å². The van der Waals surface area contributed by atoms with Crippen molar-refractivity contribution in [1.82, 2.24) is 9.78 Å². The summed E-state index contributed by atoms with van der Waals surface area (Å²) in [4.78, 5) is 0. The second-order valence-corrected chi connectivity index (χ2v) is 8.32. The highest BCUT2D eigenvalue weighted by molar-refractivity contribution is 5.95. The van der Waals surface area contributed by atoms with Gasteiger partial charge in [-0.25, -0.2) is 0 Å². The van der Waals surface area contributed by atoms with Crippen molar-refractivity contribution in [1.29, 1.82) is 0 Å². The Labute approximate surface area is 201 Å². The van der Waals surface area contributed by atoms with Gasteiger partial charge in [0.15, 0.2) is 0 Å². The van der Waals surface area contributed by atoms with Gasteiger partial charge in [0, 0.05) is 10.9 Å². The highest BCUT2D eigenvalue weighted by Gasteiger charge is 2.34. The molecule has 0 amide bonds. The molecule has 0 bridgehead atoms. The van der Waals surface area contributed by atoms with Gasteiger partial charge in [-0.05, 0) is 60.0 Å². The highest BCUT2D eigenvalue weighted by atomic mass is 19.4. The molecule has 0 atom stereocenters. The van der Waals surface area contributed by atoms with Crippen molar-refractivity contribution in [2.45, 2.75) is 26.1 Å². The van der Waals surface area contributed by atoms with Crippen molar-refractivity contribution < 1.29 is 17.9 Å². The number of aryl methyl sites for hydroxylation is 1. The van der Waals surface area contributed by atoms with Gasteiger partial charge in [0.05, 0.1) is 17.8 Å². The molecule has 1 aromatic heterocycles. The standard InChI is InChI=1S/C29H23F3N2O/c1-2-20-11-15-23(16-12-20)35-24-17-13-22(14-18-24)28-25-9-6-10-26(29(30,31)32)27(25)33-34(28)19-21-7-4-3-5-8-21/h3-18H,2,19H2,1H3. The number of alkyl halides is 3. The van der Waals surface area contributed by atoms with E-state index in [2.05, 4.69) is 12.0 Å². The average molecular weight is 473 g/mol. The van der Waals surface area contributed by atoms with E-state index in [-0.39, 0.29) is 5.52 Å². The zero-order valence-electron chi connectivity index (χ0n) is 19.1. The monoisotopic (exact) mass is 472 g/mol. The average Bonchev–Trinajstić information content (AvgIpc) is 3.23. The molecule has 0 radical (unpaired) electrons. The fourth-order valence-corrected chi connectivity index (χ4v) is 4.17. The van der Waals surface area contributed by atoms with Crippen LogP contribution in [0.2, 0.25) is 0 Å². The van der Waals surface area contributed by atoms with Gasteiger partial charge >= 0.3 is 6.18 Å². The van der Waals surface area contributed by atoms with Crippen LogP contribution in [0.15, 0.2) is 97.1 Å². The maximum absolute atomic E-state index is 13.7. The quantitative estimate of drug-likeness (QED) is 0.249. The van der Waals surface area contributed by atoms with E-state index in [9.17, 15) is 13.2 Å². The second kappa shape index (κ2) is 9.29. The predicted octanol–water partition coefficient (Wildman–Crippen LogP) is 8.13. The van der Waals surface area contributed by atoms with Crippen LogP contribution < -0.4 is 4.74 Å². The van der Waals surface area contributed by atoms with Crippen LogP contribution >= 0.6 is 0 Å². The Hall–Kier alpha value is -4.06. The van der Waals surface area contributed by atoms with Gasteiger partial charge in [-0.2, -0.15) is 18.3 Å². The summed E-state index contributed by atoms with van der Waals surface area (Å²) in [6, 6.07) is 29.0. The van der Waals surface area contributed by atoms with E-state index in [4.69, 9.17) is 4.74 Å². The topological polar surface area (TPSA) is 27.1 Å². The number of hydrogen-bond donors (Lipinski definition) is 0. The highest BCUT2D eigenvalue weighted by Crippen LogP contribution is 2.38.